The van der Waals surface area contributed by atoms with Gasteiger partial charge in [-0.3, -0.25) is 4.68 Å². The first-order valence-electron chi connectivity index (χ1n) is 5.33. The zero-order valence-corrected chi connectivity index (χ0v) is 11.3. The minimum absolute atomic E-state index is 0.234. The maximum absolute atomic E-state index is 8.83. The Morgan fingerprint density at radius 1 is 1.56 bits per heavy atom. The van der Waals surface area contributed by atoms with E-state index in [1.165, 1.54) is 0 Å². The molecule has 16 heavy (non-hydrogen) atoms. The lowest BCUT2D eigenvalue weighted by atomic mass is 9.92. The van der Waals surface area contributed by atoms with Crippen LogP contribution in [0.5, 0.6) is 0 Å². The van der Waals surface area contributed by atoms with Crippen molar-refractivity contribution < 1.29 is 0 Å². The first-order chi connectivity index (χ1) is 7.53. The lowest BCUT2D eigenvalue weighted by molar-refractivity contribution is 0.426. The van der Waals surface area contributed by atoms with Gasteiger partial charge in [0.25, 0.3) is 0 Å². The van der Waals surface area contributed by atoms with E-state index in [1.807, 2.05) is 24.7 Å². The summed E-state index contributed by atoms with van der Waals surface area (Å²) >= 11 is 3.35. The third-order valence-electron chi connectivity index (χ3n) is 2.35. The molecule has 1 heterocycles. The van der Waals surface area contributed by atoms with Gasteiger partial charge in [0.15, 0.2) is 0 Å². The Bertz CT molecular complexity index is 364. The molecule has 0 amide bonds. The topological polar surface area (TPSA) is 53.6 Å². The van der Waals surface area contributed by atoms with E-state index in [9.17, 15) is 0 Å². The molecule has 0 spiro atoms. The highest BCUT2D eigenvalue weighted by molar-refractivity contribution is 9.10. The molecular formula is C11H17BrN4. The molecule has 0 atom stereocenters. The second-order valence-electron chi connectivity index (χ2n) is 4.42. The zero-order chi connectivity index (χ0) is 12.0. The fourth-order valence-electron chi connectivity index (χ4n) is 1.24. The molecule has 0 fully saturated rings. The molecule has 1 aromatic rings. The molecule has 0 aliphatic rings. The summed E-state index contributed by atoms with van der Waals surface area (Å²) < 4.78 is 2.88. The van der Waals surface area contributed by atoms with Gasteiger partial charge in [-0.25, -0.2) is 0 Å². The second kappa shape index (κ2) is 6.02. The van der Waals surface area contributed by atoms with Crippen LogP contribution >= 0.6 is 15.9 Å². The van der Waals surface area contributed by atoms with Gasteiger partial charge >= 0.3 is 0 Å². The Kier molecular flexibility index (Phi) is 4.97. The van der Waals surface area contributed by atoms with Crippen molar-refractivity contribution >= 4 is 15.9 Å². The van der Waals surface area contributed by atoms with E-state index in [0.29, 0.717) is 0 Å². The van der Waals surface area contributed by atoms with Gasteiger partial charge in [0, 0.05) is 12.7 Å². The Balaban J connectivity index is 2.11. The summed E-state index contributed by atoms with van der Waals surface area (Å²) in [5.74, 6) is 0. The fourth-order valence-corrected chi connectivity index (χ4v) is 1.56. The molecule has 1 N–H and O–H groups in total. The van der Waals surface area contributed by atoms with Gasteiger partial charge in [0.05, 0.1) is 28.7 Å². The highest BCUT2D eigenvalue weighted by atomic mass is 79.9. The van der Waals surface area contributed by atoms with Crippen LogP contribution in [0.15, 0.2) is 16.9 Å². The summed E-state index contributed by atoms with van der Waals surface area (Å²) in [5.41, 5.74) is -0.234. The van der Waals surface area contributed by atoms with Crippen LogP contribution in [0, 0.1) is 16.7 Å². The molecule has 0 bridgehead atoms. The first kappa shape index (κ1) is 13.2. The van der Waals surface area contributed by atoms with Gasteiger partial charge in [-0.05, 0) is 42.7 Å². The van der Waals surface area contributed by atoms with Crippen LogP contribution in [0.3, 0.4) is 0 Å². The number of nitriles is 1. The number of rotatable bonds is 6. The maximum atomic E-state index is 8.83. The van der Waals surface area contributed by atoms with E-state index in [0.717, 1.165) is 30.5 Å². The quantitative estimate of drug-likeness (QED) is 0.815. The monoisotopic (exact) mass is 284 g/mol. The highest BCUT2D eigenvalue weighted by Gasteiger charge is 2.15. The van der Waals surface area contributed by atoms with Gasteiger partial charge in [-0.2, -0.15) is 10.4 Å². The van der Waals surface area contributed by atoms with E-state index >= 15 is 0 Å². The van der Waals surface area contributed by atoms with E-state index in [-0.39, 0.29) is 5.41 Å². The molecule has 0 aromatic carbocycles. The molecule has 1 rings (SSSR count). The summed E-state index contributed by atoms with van der Waals surface area (Å²) in [7, 11) is 0. The van der Waals surface area contributed by atoms with Crippen molar-refractivity contribution in [3.8, 4) is 6.07 Å². The van der Waals surface area contributed by atoms with Crippen LogP contribution in [0.1, 0.15) is 20.3 Å². The SMILES string of the molecule is CC(C)(C#N)CCNCCn1cc(Br)cn1. The predicted molar refractivity (Wildman–Crippen MR) is 66.8 cm³/mol. The third-order valence-corrected chi connectivity index (χ3v) is 2.76. The van der Waals surface area contributed by atoms with Crippen LogP contribution in [0.25, 0.3) is 0 Å². The van der Waals surface area contributed by atoms with Crippen molar-refractivity contribution in [1.82, 2.24) is 15.1 Å². The third kappa shape index (κ3) is 4.77. The van der Waals surface area contributed by atoms with E-state index in [1.54, 1.807) is 6.20 Å². The van der Waals surface area contributed by atoms with Gasteiger partial charge in [0.2, 0.25) is 0 Å². The molecule has 4 nitrogen and oxygen atoms in total. The van der Waals surface area contributed by atoms with E-state index < -0.39 is 0 Å². The van der Waals surface area contributed by atoms with Crippen LogP contribution in [0.2, 0.25) is 0 Å². The number of hydrogen-bond donors (Lipinski definition) is 1. The van der Waals surface area contributed by atoms with Gasteiger partial charge in [0.1, 0.15) is 0 Å². The van der Waals surface area contributed by atoms with Gasteiger partial charge in [-0.1, -0.05) is 0 Å². The first-order valence-corrected chi connectivity index (χ1v) is 6.13. The molecule has 0 aliphatic heterocycles. The number of halogens is 1. The lowest BCUT2D eigenvalue weighted by Crippen LogP contribution is -2.25. The Hall–Kier alpha value is -0.860. The summed E-state index contributed by atoms with van der Waals surface area (Å²) in [6.07, 6.45) is 4.59. The second-order valence-corrected chi connectivity index (χ2v) is 5.33. The van der Waals surface area contributed by atoms with Crippen molar-refractivity contribution in [2.45, 2.75) is 26.8 Å². The summed E-state index contributed by atoms with van der Waals surface area (Å²) in [6.45, 7) is 6.50. The molecule has 5 heteroatoms. The predicted octanol–water partition coefficient (Wildman–Crippen LogP) is 2.18. The van der Waals surface area contributed by atoms with Crippen LogP contribution in [0.4, 0.5) is 0 Å². The van der Waals surface area contributed by atoms with Crippen LogP contribution in [-0.2, 0) is 6.54 Å². The number of hydrogen-bond acceptors (Lipinski definition) is 3. The average Bonchev–Trinajstić information content (AvgIpc) is 2.64. The fraction of sp³-hybridized carbons (Fsp3) is 0.636. The number of nitrogens with zero attached hydrogens (tertiary/aromatic N) is 3. The Morgan fingerprint density at radius 2 is 2.31 bits per heavy atom. The average molecular weight is 285 g/mol. The van der Waals surface area contributed by atoms with Crippen LogP contribution < -0.4 is 5.32 Å². The summed E-state index contributed by atoms with van der Waals surface area (Å²) in [4.78, 5) is 0. The van der Waals surface area contributed by atoms with Crippen molar-refractivity contribution in [3.63, 3.8) is 0 Å². The molecule has 88 valence electrons. The molecule has 0 unspecified atom stereocenters. The highest BCUT2D eigenvalue weighted by Crippen LogP contribution is 2.16. The van der Waals surface area contributed by atoms with Gasteiger partial charge < -0.3 is 5.32 Å². The van der Waals surface area contributed by atoms with Crippen molar-refractivity contribution in [2.24, 2.45) is 5.41 Å². The Morgan fingerprint density at radius 3 is 2.88 bits per heavy atom. The number of aromatic nitrogens is 2. The Labute approximate surface area is 105 Å². The van der Waals surface area contributed by atoms with Crippen molar-refractivity contribution in [2.75, 3.05) is 13.1 Å². The minimum Gasteiger partial charge on any atom is -0.315 e. The van der Waals surface area contributed by atoms with E-state index in [4.69, 9.17) is 5.26 Å². The number of nitrogens with one attached hydrogen (secondary N) is 1. The molecule has 1 aromatic heterocycles. The van der Waals surface area contributed by atoms with Crippen molar-refractivity contribution in [3.05, 3.63) is 16.9 Å². The van der Waals surface area contributed by atoms with Crippen LogP contribution in [-0.4, -0.2) is 22.9 Å². The molecule has 0 saturated carbocycles. The minimum atomic E-state index is -0.234. The standard InChI is InChI=1S/C11H17BrN4/c1-11(2,9-13)3-4-14-5-6-16-8-10(12)7-15-16/h7-8,14H,3-6H2,1-2H3. The zero-order valence-electron chi connectivity index (χ0n) is 9.70. The van der Waals surface area contributed by atoms with Crippen molar-refractivity contribution in [1.29, 1.82) is 5.26 Å². The normalized spacial score (nSPS) is 11.4. The molecule has 0 saturated heterocycles. The molecular weight excluding hydrogens is 268 g/mol. The smallest absolute Gasteiger partial charge is 0.0684 e. The largest absolute Gasteiger partial charge is 0.315 e. The maximum Gasteiger partial charge on any atom is 0.0684 e. The lowest BCUT2D eigenvalue weighted by Gasteiger charge is -2.14. The molecule has 0 radical (unpaired) electrons. The summed E-state index contributed by atoms with van der Waals surface area (Å²) in [6, 6.07) is 2.29. The van der Waals surface area contributed by atoms with E-state index in [2.05, 4.69) is 32.4 Å². The van der Waals surface area contributed by atoms with Gasteiger partial charge in [-0.15, -0.1) is 0 Å². The summed E-state index contributed by atoms with van der Waals surface area (Å²) in [5, 5.41) is 16.3. The molecule has 0 aliphatic carbocycles.